The Morgan fingerprint density at radius 3 is 2.43 bits per heavy atom. The summed E-state index contributed by atoms with van der Waals surface area (Å²) in [5.41, 5.74) is 0. The lowest BCUT2D eigenvalue weighted by atomic mass is 10.5. The van der Waals surface area contributed by atoms with Crippen LogP contribution < -0.4 is 4.57 Å². The molecule has 1 heterocycles. The largest absolute Gasteiger partial charge is 0.431 e. The maximum absolute atomic E-state index is 10.8. The Morgan fingerprint density at radius 1 is 1.21 bits per heavy atom. The highest BCUT2D eigenvalue weighted by Crippen LogP contribution is 1.94. The van der Waals surface area contributed by atoms with Crippen molar-refractivity contribution in [3.05, 3.63) is 30.6 Å². The van der Waals surface area contributed by atoms with Gasteiger partial charge in [0.15, 0.2) is 12.4 Å². The summed E-state index contributed by atoms with van der Waals surface area (Å²) in [7, 11) is -2.99. The van der Waals surface area contributed by atoms with Crippen molar-refractivity contribution >= 4 is 10.4 Å². The molecule has 1 rings (SSSR count). The molecule has 0 N–H and O–H groups in total. The van der Waals surface area contributed by atoms with Gasteiger partial charge in [0.2, 0.25) is 0 Å². The first kappa shape index (κ1) is 11.1. The van der Waals surface area contributed by atoms with Crippen LogP contribution in [0.4, 0.5) is 0 Å². The third-order valence-electron chi connectivity index (χ3n) is 1.27. The Hall–Kier alpha value is -1.02. The van der Waals surface area contributed by atoms with Crippen molar-refractivity contribution in [2.75, 3.05) is 7.11 Å². The molecular formula is C7H10NO5S+. The molecule has 0 saturated heterocycles. The summed E-state index contributed by atoms with van der Waals surface area (Å²) >= 11 is 0. The summed E-state index contributed by atoms with van der Waals surface area (Å²) in [5.74, 6) is 0. The summed E-state index contributed by atoms with van der Waals surface area (Å²) in [5, 5.41) is 0. The molecule has 0 aliphatic heterocycles. The zero-order valence-electron chi connectivity index (χ0n) is 7.49. The van der Waals surface area contributed by atoms with Crippen molar-refractivity contribution in [3.63, 3.8) is 0 Å². The van der Waals surface area contributed by atoms with Gasteiger partial charge in [-0.05, 0) is 0 Å². The normalized spacial score (nSPS) is 11.5. The first-order valence-electron chi connectivity index (χ1n) is 3.70. The molecule has 0 fully saturated rings. The van der Waals surface area contributed by atoms with Gasteiger partial charge in [-0.15, -0.1) is 0 Å². The van der Waals surface area contributed by atoms with Crippen LogP contribution in [0.2, 0.25) is 0 Å². The molecule has 0 aliphatic carbocycles. The highest BCUT2D eigenvalue weighted by molar-refractivity contribution is 7.81. The Balaban J connectivity index is 2.49. The molecule has 1 aromatic heterocycles. The van der Waals surface area contributed by atoms with Crippen molar-refractivity contribution in [2.24, 2.45) is 0 Å². The number of hydrogen-bond donors (Lipinski definition) is 0. The van der Waals surface area contributed by atoms with Gasteiger partial charge in [0.1, 0.15) is 0 Å². The van der Waals surface area contributed by atoms with Crippen LogP contribution in [0.3, 0.4) is 0 Å². The highest BCUT2D eigenvalue weighted by atomic mass is 32.3. The molecule has 0 aromatic carbocycles. The number of hydrogen-bond acceptors (Lipinski definition) is 5. The fourth-order valence-electron chi connectivity index (χ4n) is 0.749. The van der Waals surface area contributed by atoms with Crippen molar-refractivity contribution in [2.45, 2.75) is 6.73 Å². The van der Waals surface area contributed by atoms with Crippen LogP contribution in [0.25, 0.3) is 0 Å². The van der Waals surface area contributed by atoms with Crippen LogP contribution in [0, 0.1) is 0 Å². The second-order valence-electron chi connectivity index (χ2n) is 2.28. The zero-order chi connectivity index (χ0) is 10.4. The van der Waals surface area contributed by atoms with E-state index in [1.54, 1.807) is 30.6 Å². The Bertz CT molecular complexity index is 363. The standard InChI is InChI=1S/C7H10NO5S/c1-11-13-14(9,10)12-7-8-5-3-2-4-6-8/h2-6H,7H2,1H3/q+1. The van der Waals surface area contributed by atoms with Gasteiger partial charge in [0, 0.05) is 12.1 Å². The first-order valence-corrected chi connectivity index (χ1v) is 5.03. The second kappa shape index (κ2) is 5.01. The van der Waals surface area contributed by atoms with Crippen LogP contribution in [0.15, 0.2) is 30.6 Å². The van der Waals surface area contributed by atoms with E-state index in [1.165, 1.54) is 4.57 Å². The molecule has 6 nitrogen and oxygen atoms in total. The van der Waals surface area contributed by atoms with Gasteiger partial charge in [0.05, 0.1) is 7.11 Å². The van der Waals surface area contributed by atoms with Crippen molar-refractivity contribution in [1.29, 1.82) is 0 Å². The second-order valence-corrected chi connectivity index (χ2v) is 3.47. The van der Waals surface area contributed by atoms with Gasteiger partial charge in [-0.2, -0.15) is 17.2 Å². The lowest BCUT2D eigenvalue weighted by Gasteiger charge is -1.99. The van der Waals surface area contributed by atoms with E-state index in [9.17, 15) is 8.42 Å². The van der Waals surface area contributed by atoms with E-state index in [4.69, 9.17) is 0 Å². The van der Waals surface area contributed by atoms with Gasteiger partial charge in [-0.25, -0.2) is 4.89 Å². The average Bonchev–Trinajstić information content (AvgIpc) is 2.17. The maximum Gasteiger partial charge on any atom is 0.431 e. The van der Waals surface area contributed by atoms with Gasteiger partial charge >= 0.3 is 10.4 Å². The minimum atomic E-state index is -4.07. The molecule has 78 valence electrons. The molecule has 0 radical (unpaired) electrons. The van der Waals surface area contributed by atoms with E-state index < -0.39 is 10.4 Å². The monoisotopic (exact) mass is 220 g/mol. The van der Waals surface area contributed by atoms with Gasteiger partial charge < -0.3 is 0 Å². The zero-order valence-corrected chi connectivity index (χ0v) is 8.31. The molecule has 0 unspecified atom stereocenters. The van der Waals surface area contributed by atoms with Crippen LogP contribution in [-0.2, 0) is 30.5 Å². The SMILES string of the molecule is COOS(=O)(=O)OC[n+]1ccccc1. The van der Waals surface area contributed by atoms with Crippen LogP contribution >= 0.6 is 0 Å². The molecule has 1 aromatic rings. The predicted octanol–water partition coefficient (Wildman–Crippen LogP) is -0.229. The van der Waals surface area contributed by atoms with Gasteiger partial charge in [-0.1, -0.05) is 10.4 Å². The van der Waals surface area contributed by atoms with Crippen LogP contribution in [-0.4, -0.2) is 15.5 Å². The lowest BCUT2D eigenvalue weighted by molar-refractivity contribution is -0.725. The van der Waals surface area contributed by atoms with Crippen molar-refractivity contribution < 1.29 is 26.4 Å². The molecule has 7 heteroatoms. The van der Waals surface area contributed by atoms with E-state index >= 15 is 0 Å². The lowest BCUT2D eigenvalue weighted by Crippen LogP contribution is -2.35. The minimum absolute atomic E-state index is 0.160. The van der Waals surface area contributed by atoms with E-state index in [0.717, 1.165) is 7.11 Å². The summed E-state index contributed by atoms with van der Waals surface area (Å²) < 4.78 is 31.5. The fraction of sp³-hybridized carbons (Fsp3) is 0.286. The average molecular weight is 220 g/mol. The Labute approximate surface area is 81.9 Å². The number of aromatic nitrogens is 1. The fourth-order valence-corrected chi connectivity index (χ4v) is 1.21. The van der Waals surface area contributed by atoms with Gasteiger partial charge in [0.25, 0.3) is 6.73 Å². The maximum atomic E-state index is 10.8. The number of nitrogens with zero attached hydrogens (tertiary/aromatic N) is 1. The summed E-state index contributed by atoms with van der Waals surface area (Å²) in [6, 6.07) is 5.29. The van der Waals surface area contributed by atoms with Crippen LogP contribution in [0.5, 0.6) is 0 Å². The van der Waals surface area contributed by atoms with Gasteiger partial charge in [-0.3, -0.25) is 0 Å². The smallest absolute Gasteiger partial charge is 0.222 e. The first-order chi connectivity index (χ1) is 6.64. The summed E-state index contributed by atoms with van der Waals surface area (Å²) in [4.78, 5) is 3.97. The minimum Gasteiger partial charge on any atom is -0.222 e. The Kier molecular flexibility index (Phi) is 3.96. The summed E-state index contributed by atoms with van der Waals surface area (Å²) in [6.07, 6.45) is 3.31. The van der Waals surface area contributed by atoms with E-state index in [0.29, 0.717) is 0 Å². The van der Waals surface area contributed by atoms with E-state index in [1.807, 2.05) is 0 Å². The third kappa shape index (κ3) is 3.79. The molecule has 0 amide bonds. The topological polar surface area (TPSA) is 65.7 Å². The predicted molar refractivity (Wildman–Crippen MR) is 44.7 cm³/mol. The molecule has 0 spiro atoms. The quantitative estimate of drug-likeness (QED) is 0.389. The number of pyridine rings is 1. The summed E-state index contributed by atoms with van der Waals surface area (Å²) in [6.45, 7) is -0.160. The molecule has 14 heavy (non-hydrogen) atoms. The third-order valence-corrected chi connectivity index (χ3v) is 1.97. The number of rotatable bonds is 5. The molecule has 0 saturated carbocycles. The van der Waals surface area contributed by atoms with E-state index in [2.05, 4.69) is 13.4 Å². The van der Waals surface area contributed by atoms with Crippen molar-refractivity contribution in [1.82, 2.24) is 0 Å². The highest BCUT2D eigenvalue weighted by Gasteiger charge is 2.14. The molecular weight excluding hydrogens is 210 g/mol. The van der Waals surface area contributed by atoms with Crippen molar-refractivity contribution in [3.8, 4) is 0 Å². The molecule has 0 atom stereocenters. The molecule has 0 aliphatic rings. The Morgan fingerprint density at radius 2 is 1.86 bits per heavy atom. The van der Waals surface area contributed by atoms with Crippen LogP contribution in [0.1, 0.15) is 0 Å². The molecule has 0 bridgehead atoms. The van der Waals surface area contributed by atoms with E-state index in [-0.39, 0.29) is 6.73 Å².